The molecule has 2 heterocycles. The van der Waals surface area contributed by atoms with Crippen molar-refractivity contribution in [3.8, 4) is 17.2 Å². The first-order chi connectivity index (χ1) is 14.6. The molecule has 2 N–H and O–H groups in total. The van der Waals surface area contributed by atoms with Gasteiger partial charge >= 0.3 is 6.09 Å². The summed E-state index contributed by atoms with van der Waals surface area (Å²) in [7, 11) is 4.59. The highest BCUT2D eigenvalue weighted by molar-refractivity contribution is 6.10. The fraction of sp³-hybridized carbons (Fsp3) is 0.238. The van der Waals surface area contributed by atoms with Crippen molar-refractivity contribution in [3.05, 3.63) is 42.1 Å². The molecule has 0 unspecified atom stereocenters. The summed E-state index contributed by atoms with van der Waals surface area (Å²) in [6, 6.07) is 10.4. The Hall–Kier alpha value is -3.88. The molecule has 1 saturated heterocycles. The Morgan fingerprint density at radius 3 is 2.53 bits per heavy atom. The lowest BCUT2D eigenvalue weighted by molar-refractivity contribution is 0.102. The van der Waals surface area contributed by atoms with Crippen LogP contribution in [0.15, 0.2) is 36.4 Å². The fourth-order valence-electron chi connectivity index (χ4n) is 3.48. The summed E-state index contributed by atoms with van der Waals surface area (Å²) in [5, 5.41) is 3.53. The molecule has 2 aromatic carbocycles. The van der Waals surface area contributed by atoms with E-state index in [0.717, 1.165) is 0 Å². The average molecular weight is 411 g/mol. The lowest BCUT2D eigenvalue weighted by atomic mass is 10.2. The van der Waals surface area contributed by atoms with E-state index in [4.69, 9.17) is 18.9 Å². The summed E-state index contributed by atoms with van der Waals surface area (Å²) in [5.74, 6) is 1.11. The van der Waals surface area contributed by atoms with Gasteiger partial charge in [-0.15, -0.1) is 0 Å². The maximum Gasteiger partial charge on any atom is 0.414 e. The summed E-state index contributed by atoms with van der Waals surface area (Å²) in [5.41, 5.74) is 1.95. The Kier molecular flexibility index (Phi) is 5.09. The second-order valence-corrected chi connectivity index (χ2v) is 6.52. The van der Waals surface area contributed by atoms with E-state index in [-0.39, 0.29) is 5.91 Å². The van der Waals surface area contributed by atoms with Gasteiger partial charge in [0.05, 0.1) is 44.8 Å². The van der Waals surface area contributed by atoms with Crippen LogP contribution < -0.4 is 24.4 Å². The van der Waals surface area contributed by atoms with Crippen molar-refractivity contribution in [1.29, 1.82) is 0 Å². The molecule has 0 saturated carbocycles. The van der Waals surface area contributed by atoms with Crippen LogP contribution in [0.1, 0.15) is 10.5 Å². The number of nitrogens with one attached hydrogen (secondary N) is 2. The van der Waals surface area contributed by atoms with Crippen LogP contribution in [0, 0.1) is 0 Å². The van der Waals surface area contributed by atoms with Crippen LogP contribution >= 0.6 is 0 Å². The number of carbonyl (C=O) groups excluding carboxylic acids is 2. The highest BCUT2D eigenvalue weighted by atomic mass is 16.6. The van der Waals surface area contributed by atoms with Gasteiger partial charge in [0.1, 0.15) is 18.1 Å². The molecule has 9 heteroatoms. The molecule has 30 heavy (non-hydrogen) atoms. The molecule has 156 valence electrons. The molecule has 9 nitrogen and oxygen atoms in total. The van der Waals surface area contributed by atoms with Gasteiger partial charge in [-0.3, -0.25) is 9.69 Å². The van der Waals surface area contributed by atoms with Crippen molar-refractivity contribution in [2.45, 2.75) is 0 Å². The summed E-state index contributed by atoms with van der Waals surface area (Å²) in [6.45, 7) is 0.733. The van der Waals surface area contributed by atoms with Crippen molar-refractivity contribution in [1.82, 2.24) is 4.98 Å². The largest absolute Gasteiger partial charge is 0.496 e. The van der Waals surface area contributed by atoms with E-state index < -0.39 is 6.09 Å². The third kappa shape index (κ3) is 3.24. The number of H-pyrrole nitrogens is 1. The zero-order valence-electron chi connectivity index (χ0n) is 16.8. The molecular formula is C21H21N3O6. The van der Waals surface area contributed by atoms with Gasteiger partial charge in [0.2, 0.25) is 0 Å². The van der Waals surface area contributed by atoms with Crippen LogP contribution in [0.3, 0.4) is 0 Å². The van der Waals surface area contributed by atoms with Crippen LogP contribution in [-0.2, 0) is 4.74 Å². The Bertz CT molecular complexity index is 1120. The third-order valence-electron chi connectivity index (χ3n) is 4.89. The maximum absolute atomic E-state index is 13.0. The van der Waals surface area contributed by atoms with Crippen molar-refractivity contribution in [3.63, 3.8) is 0 Å². The minimum atomic E-state index is -0.441. The number of carbonyl (C=O) groups is 2. The SMILES string of the molecule is COc1cc(OC)c2cc(C(=O)Nc3ccccc3N3CCOC3=O)[nH]c2c1OC. The highest BCUT2D eigenvalue weighted by Gasteiger charge is 2.26. The predicted molar refractivity (Wildman–Crippen MR) is 111 cm³/mol. The number of hydrogen-bond donors (Lipinski definition) is 2. The van der Waals surface area contributed by atoms with Crippen LogP contribution in [0.5, 0.6) is 17.2 Å². The molecule has 0 spiro atoms. The molecule has 1 aromatic heterocycles. The Labute approximate surface area is 172 Å². The van der Waals surface area contributed by atoms with Gasteiger partial charge in [-0.1, -0.05) is 12.1 Å². The third-order valence-corrected chi connectivity index (χ3v) is 4.89. The maximum atomic E-state index is 13.0. The molecule has 2 amide bonds. The van der Waals surface area contributed by atoms with Gasteiger partial charge in [-0.2, -0.15) is 0 Å². The number of amides is 2. The summed E-state index contributed by atoms with van der Waals surface area (Å²) >= 11 is 0. The average Bonchev–Trinajstić information content (AvgIpc) is 3.39. The van der Waals surface area contributed by atoms with Crippen LogP contribution in [0.25, 0.3) is 10.9 Å². The minimum Gasteiger partial charge on any atom is -0.496 e. The number of fused-ring (bicyclic) bond motifs is 1. The van der Waals surface area contributed by atoms with Crippen molar-refractivity contribution in [2.24, 2.45) is 0 Å². The molecule has 0 bridgehead atoms. The van der Waals surface area contributed by atoms with E-state index in [1.165, 1.54) is 19.1 Å². The van der Waals surface area contributed by atoms with Crippen molar-refractivity contribution < 1.29 is 28.5 Å². The highest BCUT2D eigenvalue weighted by Crippen LogP contribution is 2.41. The molecule has 1 fully saturated rings. The number of methoxy groups -OCH3 is 3. The quantitative estimate of drug-likeness (QED) is 0.645. The zero-order valence-corrected chi connectivity index (χ0v) is 16.8. The lowest BCUT2D eigenvalue weighted by Gasteiger charge is -2.17. The number of nitrogens with zero attached hydrogens (tertiary/aromatic N) is 1. The predicted octanol–water partition coefficient (Wildman–Crippen LogP) is 3.40. The van der Waals surface area contributed by atoms with E-state index in [0.29, 0.717) is 58.4 Å². The monoisotopic (exact) mass is 411 g/mol. The summed E-state index contributed by atoms with van der Waals surface area (Å²) in [6.07, 6.45) is -0.441. The van der Waals surface area contributed by atoms with Gasteiger partial charge < -0.3 is 29.2 Å². The molecular weight excluding hydrogens is 390 g/mol. The van der Waals surface area contributed by atoms with Gasteiger partial charge in [0.25, 0.3) is 5.91 Å². The number of benzene rings is 2. The van der Waals surface area contributed by atoms with Crippen LogP contribution in [-0.4, -0.2) is 51.5 Å². The summed E-state index contributed by atoms with van der Waals surface area (Å²) in [4.78, 5) is 29.5. The van der Waals surface area contributed by atoms with E-state index >= 15 is 0 Å². The Morgan fingerprint density at radius 1 is 1.10 bits per heavy atom. The lowest BCUT2D eigenvalue weighted by Crippen LogP contribution is -2.25. The molecule has 0 aliphatic carbocycles. The Morgan fingerprint density at radius 2 is 1.87 bits per heavy atom. The first-order valence-electron chi connectivity index (χ1n) is 9.23. The zero-order chi connectivity index (χ0) is 21.3. The first-order valence-corrected chi connectivity index (χ1v) is 9.23. The smallest absolute Gasteiger partial charge is 0.414 e. The van der Waals surface area contributed by atoms with Crippen LogP contribution in [0.2, 0.25) is 0 Å². The fourth-order valence-corrected chi connectivity index (χ4v) is 3.48. The number of aromatic amines is 1. The number of para-hydroxylation sites is 2. The Balaban J connectivity index is 1.71. The number of ether oxygens (including phenoxy) is 4. The number of cyclic esters (lactones) is 1. The molecule has 0 radical (unpaired) electrons. The van der Waals surface area contributed by atoms with E-state index in [2.05, 4.69) is 10.3 Å². The number of anilines is 2. The second kappa shape index (κ2) is 7.86. The van der Waals surface area contributed by atoms with E-state index in [9.17, 15) is 9.59 Å². The molecule has 0 atom stereocenters. The molecule has 1 aliphatic rings. The number of aromatic nitrogens is 1. The van der Waals surface area contributed by atoms with Gasteiger partial charge in [0.15, 0.2) is 11.5 Å². The topological polar surface area (TPSA) is 102 Å². The van der Waals surface area contributed by atoms with E-state index in [1.54, 1.807) is 43.5 Å². The first kappa shape index (κ1) is 19.4. The normalized spacial score (nSPS) is 13.3. The number of rotatable bonds is 6. The van der Waals surface area contributed by atoms with Gasteiger partial charge in [-0.05, 0) is 18.2 Å². The minimum absolute atomic E-state index is 0.300. The van der Waals surface area contributed by atoms with Gasteiger partial charge in [0, 0.05) is 11.5 Å². The van der Waals surface area contributed by atoms with E-state index in [1.807, 2.05) is 0 Å². The molecule has 1 aliphatic heterocycles. The van der Waals surface area contributed by atoms with Crippen molar-refractivity contribution >= 4 is 34.3 Å². The van der Waals surface area contributed by atoms with Gasteiger partial charge in [-0.25, -0.2) is 4.79 Å². The van der Waals surface area contributed by atoms with Crippen LogP contribution in [0.4, 0.5) is 16.2 Å². The molecule has 4 rings (SSSR count). The standard InChI is InChI=1S/C21H21N3O6/c1-27-16-11-17(28-2)19(29-3)18-12(16)10-14(22-18)20(25)23-13-6-4-5-7-15(13)24-8-9-30-21(24)26/h4-7,10-11,22H,8-9H2,1-3H3,(H,23,25). The molecule has 3 aromatic rings. The summed E-state index contributed by atoms with van der Waals surface area (Å²) < 4.78 is 21.3. The second-order valence-electron chi connectivity index (χ2n) is 6.52. The van der Waals surface area contributed by atoms with Crippen molar-refractivity contribution in [2.75, 3.05) is 44.7 Å². The number of hydrogen-bond acceptors (Lipinski definition) is 6.